The lowest BCUT2D eigenvalue weighted by Gasteiger charge is -2.30. The first kappa shape index (κ1) is 19.6. The monoisotopic (exact) mass is 409 g/mol. The molecule has 29 heavy (non-hydrogen) atoms. The number of nitrogens with zero attached hydrogens (tertiary/aromatic N) is 3. The summed E-state index contributed by atoms with van der Waals surface area (Å²) in [6.07, 6.45) is 3.59. The van der Waals surface area contributed by atoms with Crippen LogP contribution >= 0.6 is 0 Å². The SMILES string of the molecule is N#CCc1cccc(C(=O)N2CCCc3cc(S(=O)(=O)N4CCCC4)ccc32)c1. The molecule has 0 spiro atoms. The van der Waals surface area contributed by atoms with Gasteiger partial charge in [0.05, 0.1) is 17.4 Å². The van der Waals surface area contributed by atoms with Crippen LogP contribution in [-0.4, -0.2) is 38.3 Å². The lowest BCUT2D eigenvalue weighted by atomic mass is 10.00. The van der Waals surface area contributed by atoms with E-state index in [9.17, 15) is 13.2 Å². The minimum absolute atomic E-state index is 0.124. The number of fused-ring (bicyclic) bond motifs is 1. The van der Waals surface area contributed by atoms with E-state index in [0.29, 0.717) is 30.1 Å². The number of hydrogen-bond acceptors (Lipinski definition) is 4. The summed E-state index contributed by atoms with van der Waals surface area (Å²) in [6.45, 7) is 1.73. The van der Waals surface area contributed by atoms with E-state index in [1.54, 1.807) is 45.6 Å². The molecule has 0 radical (unpaired) electrons. The lowest BCUT2D eigenvalue weighted by Crippen LogP contribution is -2.36. The van der Waals surface area contributed by atoms with E-state index < -0.39 is 10.0 Å². The Bertz CT molecular complexity index is 1080. The lowest BCUT2D eigenvalue weighted by molar-refractivity contribution is 0.0985. The molecule has 2 heterocycles. The van der Waals surface area contributed by atoms with Gasteiger partial charge in [-0.2, -0.15) is 9.57 Å². The fourth-order valence-electron chi connectivity index (χ4n) is 4.08. The van der Waals surface area contributed by atoms with Crippen LogP contribution in [0.3, 0.4) is 0 Å². The van der Waals surface area contributed by atoms with Gasteiger partial charge >= 0.3 is 0 Å². The first-order chi connectivity index (χ1) is 14.0. The average Bonchev–Trinajstić information content (AvgIpc) is 3.29. The van der Waals surface area contributed by atoms with E-state index in [2.05, 4.69) is 6.07 Å². The van der Waals surface area contributed by atoms with Gasteiger partial charge in [0.15, 0.2) is 0 Å². The summed E-state index contributed by atoms with van der Waals surface area (Å²) in [5.41, 5.74) is 3.01. The second-order valence-corrected chi connectivity index (χ2v) is 9.44. The van der Waals surface area contributed by atoms with Crippen molar-refractivity contribution in [3.63, 3.8) is 0 Å². The highest BCUT2D eigenvalue weighted by atomic mass is 32.2. The smallest absolute Gasteiger partial charge is 0.258 e. The normalized spacial score (nSPS) is 17.0. The topological polar surface area (TPSA) is 81.5 Å². The number of nitriles is 1. The molecular formula is C22H23N3O3S. The van der Waals surface area contributed by atoms with Gasteiger partial charge in [0, 0.05) is 30.9 Å². The highest BCUT2D eigenvalue weighted by Gasteiger charge is 2.30. The van der Waals surface area contributed by atoms with Gasteiger partial charge in [0.1, 0.15) is 0 Å². The van der Waals surface area contributed by atoms with Crippen LogP contribution in [0.4, 0.5) is 5.69 Å². The molecule has 0 bridgehead atoms. The summed E-state index contributed by atoms with van der Waals surface area (Å²) in [5, 5.41) is 8.90. The van der Waals surface area contributed by atoms with E-state index >= 15 is 0 Å². The Kier molecular flexibility index (Phi) is 5.39. The number of sulfonamides is 1. The first-order valence-electron chi connectivity index (χ1n) is 9.91. The van der Waals surface area contributed by atoms with Crippen molar-refractivity contribution in [3.05, 3.63) is 59.2 Å². The number of rotatable bonds is 4. The number of benzene rings is 2. The fourth-order valence-corrected chi connectivity index (χ4v) is 5.65. The molecule has 1 saturated heterocycles. The summed E-state index contributed by atoms with van der Waals surface area (Å²) < 4.78 is 27.3. The largest absolute Gasteiger partial charge is 0.308 e. The van der Waals surface area contributed by atoms with Crippen molar-refractivity contribution in [1.29, 1.82) is 5.26 Å². The molecular weight excluding hydrogens is 386 g/mol. The molecule has 1 fully saturated rings. The highest BCUT2D eigenvalue weighted by molar-refractivity contribution is 7.89. The zero-order valence-electron chi connectivity index (χ0n) is 16.2. The van der Waals surface area contributed by atoms with Crippen LogP contribution in [0.2, 0.25) is 0 Å². The highest BCUT2D eigenvalue weighted by Crippen LogP contribution is 2.32. The van der Waals surface area contributed by atoms with Crippen LogP contribution in [0.1, 0.15) is 40.7 Å². The van der Waals surface area contributed by atoms with Crippen molar-refractivity contribution in [3.8, 4) is 6.07 Å². The van der Waals surface area contributed by atoms with E-state index in [4.69, 9.17) is 5.26 Å². The van der Waals surface area contributed by atoms with Gasteiger partial charge in [-0.15, -0.1) is 0 Å². The third kappa shape index (κ3) is 3.78. The number of amides is 1. The predicted molar refractivity (Wildman–Crippen MR) is 110 cm³/mol. The van der Waals surface area contributed by atoms with Crippen molar-refractivity contribution < 1.29 is 13.2 Å². The molecule has 0 aliphatic carbocycles. The van der Waals surface area contributed by atoms with Crippen LogP contribution in [0.5, 0.6) is 0 Å². The van der Waals surface area contributed by atoms with Crippen molar-refractivity contribution >= 4 is 21.6 Å². The van der Waals surface area contributed by atoms with E-state index in [0.717, 1.165) is 42.5 Å². The van der Waals surface area contributed by atoms with Crippen molar-refractivity contribution in [2.75, 3.05) is 24.5 Å². The van der Waals surface area contributed by atoms with E-state index in [-0.39, 0.29) is 12.3 Å². The molecule has 6 nitrogen and oxygen atoms in total. The van der Waals surface area contributed by atoms with Gasteiger partial charge in [-0.25, -0.2) is 8.42 Å². The Morgan fingerprint density at radius 2 is 1.83 bits per heavy atom. The maximum Gasteiger partial charge on any atom is 0.258 e. The number of carbonyl (C=O) groups is 1. The summed E-state index contributed by atoms with van der Waals surface area (Å²) >= 11 is 0. The number of carbonyl (C=O) groups excluding carboxylic acids is 1. The van der Waals surface area contributed by atoms with Gasteiger partial charge < -0.3 is 4.90 Å². The molecule has 4 rings (SSSR count). The quantitative estimate of drug-likeness (QED) is 0.777. The molecule has 1 amide bonds. The van der Waals surface area contributed by atoms with Gasteiger partial charge in [-0.05, 0) is 67.1 Å². The van der Waals surface area contributed by atoms with Crippen molar-refractivity contribution in [2.45, 2.75) is 37.0 Å². The molecule has 0 unspecified atom stereocenters. The molecule has 0 atom stereocenters. The average molecular weight is 410 g/mol. The molecule has 2 aromatic rings. The van der Waals surface area contributed by atoms with Crippen molar-refractivity contribution in [1.82, 2.24) is 4.31 Å². The van der Waals surface area contributed by atoms with Gasteiger partial charge in [0.25, 0.3) is 5.91 Å². The second-order valence-electron chi connectivity index (χ2n) is 7.50. The number of anilines is 1. The third-order valence-corrected chi connectivity index (χ3v) is 7.47. The van der Waals surface area contributed by atoms with Crippen LogP contribution in [-0.2, 0) is 22.9 Å². The van der Waals surface area contributed by atoms with Gasteiger partial charge in [-0.3, -0.25) is 4.79 Å². The molecule has 7 heteroatoms. The molecule has 2 aliphatic rings. The summed E-state index contributed by atoms with van der Waals surface area (Å²) in [6, 6.07) is 14.3. The van der Waals surface area contributed by atoms with Crippen molar-refractivity contribution in [2.24, 2.45) is 0 Å². The summed E-state index contributed by atoms with van der Waals surface area (Å²) in [7, 11) is -3.47. The van der Waals surface area contributed by atoms with Gasteiger partial charge in [-0.1, -0.05) is 12.1 Å². The molecule has 150 valence electrons. The number of aryl methyl sites for hydroxylation is 1. The second kappa shape index (κ2) is 7.97. The van der Waals surface area contributed by atoms with Crippen LogP contribution in [0.15, 0.2) is 47.4 Å². The minimum Gasteiger partial charge on any atom is -0.308 e. The fraction of sp³-hybridized carbons (Fsp3) is 0.364. The maximum absolute atomic E-state index is 13.1. The first-order valence-corrected chi connectivity index (χ1v) is 11.4. The third-order valence-electron chi connectivity index (χ3n) is 5.57. The summed E-state index contributed by atoms with van der Waals surface area (Å²) in [4.78, 5) is 15.2. The zero-order chi connectivity index (χ0) is 20.4. The van der Waals surface area contributed by atoms with E-state index in [1.165, 1.54) is 0 Å². The van der Waals surface area contributed by atoms with Gasteiger partial charge in [0.2, 0.25) is 10.0 Å². The maximum atomic E-state index is 13.1. The predicted octanol–water partition coefficient (Wildman–Crippen LogP) is 3.13. The standard InChI is InChI=1S/C22H23N3O3S/c23-11-10-17-5-3-6-19(15-17)22(26)25-14-4-7-18-16-20(8-9-21(18)25)29(27,28)24-12-1-2-13-24/h3,5-6,8-9,15-16H,1-2,4,7,10,12-14H2. The van der Waals surface area contributed by atoms with E-state index in [1.807, 2.05) is 6.07 Å². The Balaban J connectivity index is 1.64. The van der Waals surface area contributed by atoms with Crippen LogP contribution in [0.25, 0.3) is 0 Å². The Morgan fingerprint density at radius 1 is 1.03 bits per heavy atom. The minimum atomic E-state index is -3.47. The molecule has 0 saturated carbocycles. The molecule has 2 aliphatic heterocycles. The molecule has 0 aromatic heterocycles. The van der Waals surface area contributed by atoms with Crippen LogP contribution in [0, 0.1) is 11.3 Å². The Morgan fingerprint density at radius 3 is 2.59 bits per heavy atom. The number of hydrogen-bond donors (Lipinski definition) is 0. The van der Waals surface area contributed by atoms with Crippen LogP contribution < -0.4 is 4.90 Å². The Hall–Kier alpha value is -2.69. The summed E-state index contributed by atoms with van der Waals surface area (Å²) in [5.74, 6) is -0.124. The molecule has 2 aromatic carbocycles. The Labute approximate surface area is 171 Å². The molecule has 0 N–H and O–H groups in total. The zero-order valence-corrected chi connectivity index (χ0v) is 17.0.